The quantitative estimate of drug-likeness (QED) is 0.298. The van der Waals surface area contributed by atoms with Gasteiger partial charge in [0.1, 0.15) is 6.61 Å². The van der Waals surface area contributed by atoms with Gasteiger partial charge in [-0.1, -0.05) is 47.2 Å². The largest absolute Gasteiger partial charge is 0.493 e. The number of benzene rings is 3. The van der Waals surface area contributed by atoms with E-state index in [1.807, 2.05) is 42.5 Å². The van der Waals surface area contributed by atoms with Crippen LogP contribution in [0.5, 0.6) is 11.5 Å². The fourth-order valence-corrected chi connectivity index (χ4v) is 3.89. The van der Waals surface area contributed by atoms with Gasteiger partial charge < -0.3 is 9.47 Å². The van der Waals surface area contributed by atoms with Gasteiger partial charge in [-0.25, -0.2) is 4.98 Å². The minimum Gasteiger partial charge on any atom is -0.493 e. The molecule has 30 heavy (non-hydrogen) atoms. The number of aryl methyl sites for hydroxylation is 2. The molecule has 0 atom stereocenters. The molecule has 0 saturated heterocycles. The monoisotopic (exact) mass is 417 g/mol. The van der Waals surface area contributed by atoms with Crippen LogP contribution in [0.2, 0.25) is 0 Å². The standard InChI is InChI=1S/C24H23N3O2S/c1-16-8-9-17(2)19(12-16)15-29-21-11-10-18(13-22(21)28-3)14-25-27-24-26-20-6-4-5-7-23(20)30-24/h4-14H,15H2,1-3H3,(H,26,27)/b25-14-. The summed E-state index contributed by atoms with van der Waals surface area (Å²) in [5.74, 6) is 1.37. The van der Waals surface area contributed by atoms with Crippen molar-refractivity contribution in [3.63, 3.8) is 0 Å². The number of ether oxygens (including phenoxy) is 2. The summed E-state index contributed by atoms with van der Waals surface area (Å²) in [5.41, 5.74) is 8.47. The predicted molar refractivity (Wildman–Crippen MR) is 124 cm³/mol. The Kier molecular flexibility index (Phi) is 5.95. The van der Waals surface area contributed by atoms with Crippen LogP contribution in [0.3, 0.4) is 0 Å². The number of hydrazone groups is 1. The summed E-state index contributed by atoms with van der Waals surface area (Å²) in [6, 6.07) is 20.1. The Morgan fingerprint density at radius 1 is 1.03 bits per heavy atom. The molecule has 1 aromatic heterocycles. The summed E-state index contributed by atoms with van der Waals surface area (Å²) in [4.78, 5) is 4.51. The Bertz CT molecular complexity index is 1170. The molecule has 0 amide bonds. The van der Waals surface area contributed by atoms with Crippen LogP contribution in [0.4, 0.5) is 5.13 Å². The molecule has 0 radical (unpaired) electrons. The molecule has 3 aromatic carbocycles. The first-order valence-corrected chi connectivity index (χ1v) is 10.5. The summed E-state index contributed by atoms with van der Waals surface area (Å²) in [5, 5.41) is 5.06. The first-order chi connectivity index (χ1) is 14.6. The van der Waals surface area contributed by atoms with Gasteiger partial charge >= 0.3 is 0 Å². The number of rotatable bonds is 7. The van der Waals surface area contributed by atoms with Gasteiger partial charge in [-0.3, -0.25) is 5.43 Å². The number of para-hydroxylation sites is 1. The zero-order valence-electron chi connectivity index (χ0n) is 17.2. The Labute approximate surface area is 180 Å². The lowest BCUT2D eigenvalue weighted by atomic mass is 10.1. The second-order valence-corrected chi connectivity index (χ2v) is 8.02. The van der Waals surface area contributed by atoms with Gasteiger partial charge in [0.2, 0.25) is 5.13 Å². The van der Waals surface area contributed by atoms with E-state index >= 15 is 0 Å². The van der Waals surface area contributed by atoms with Crippen molar-refractivity contribution in [1.29, 1.82) is 0 Å². The van der Waals surface area contributed by atoms with E-state index in [9.17, 15) is 0 Å². The fraction of sp³-hybridized carbons (Fsp3) is 0.167. The van der Waals surface area contributed by atoms with E-state index in [4.69, 9.17) is 9.47 Å². The highest BCUT2D eigenvalue weighted by Gasteiger charge is 2.07. The average Bonchev–Trinajstić information content (AvgIpc) is 3.17. The molecule has 0 bridgehead atoms. The van der Waals surface area contributed by atoms with Gasteiger partial charge in [0.15, 0.2) is 11.5 Å². The zero-order chi connectivity index (χ0) is 20.9. The SMILES string of the molecule is COc1cc(/C=N\Nc2nc3ccccc3s2)ccc1OCc1cc(C)ccc1C. The molecule has 0 unspecified atom stereocenters. The maximum Gasteiger partial charge on any atom is 0.204 e. The van der Waals surface area contributed by atoms with E-state index < -0.39 is 0 Å². The molecule has 5 nitrogen and oxygen atoms in total. The Hall–Kier alpha value is -3.38. The number of fused-ring (bicyclic) bond motifs is 1. The van der Waals surface area contributed by atoms with Gasteiger partial charge in [0.05, 0.1) is 23.5 Å². The number of nitrogens with zero attached hydrogens (tertiary/aromatic N) is 2. The number of nitrogens with one attached hydrogen (secondary N) is 1. The summed E-state index contributed by atoms with van der Waals surface area (Å²) >= 11 is 1.57. The van der Waals surface area contributed by atoms with Crippen molar-refractivity contribution in [3.05, 3.63) is 82.9 Å². The lowest BCUT2D eigenvalue weighted by molar-refractivity contribution is 0.284. The third-order valence-electron chi connectivity index (χ3n) is 4.74. The highest BCUT2D eigenvalue weighted by atomic mass is 32.1. The van der Waals surface area contributed by atoms with Gasteiger partial charge in [-0.05, 0) is 60.9 Å². The highest BCUT2D eigenvalue weighted by Crippen LogP contribution is 2.29. The Morgan fingerprint density at radius 3 is 2.73 bits per heavy atom. The van der Waals surface area contributed by atoms with Crippen molar-refractivity contribution < 1.29 is 9.47 Å². The van der Waals surface area contributed by atoms with E-state index in [-0.39, 0.29) is 0 Å². The van der Waals surface area contributed by atoms with E-state index in [2.05, 4.69) is 47.6 Å². The zero-order valence-corrected chi connectivity index (χ0v) is 18.0. The van der Waals surface area contributed by atoms with Gasteiger partial charge in [0.25, 0.3) is 0 Å². The molecular formula is C24H23N3O2S. The highest BCUT2D eigenvalue weighted by molar-refractivity contribution is 7.22. The van der Waals surface area contributed by atoms with Gasteiger partial charge in [-0.15, -0.1) is 0 Å². The first kappa shape index (κ1) is 19.9. The minimum atomic E-state index is 0.496. The number of hydrogen-bond acceptors (Lipinski definition) is 6. The first-order valence-electron chi connectivity index (χ1n) is 9.64. The summed E-state index contributed by atoms with van der Waals surface area (Å²) < 4.78 is 12.7. The van der Waals surface area contributed by atoms with Crippen LogP contribution in [0.25, 0.3) is 10.2 Å². The number of methoxy groups -OCH3 is 1. The van der Waals surface area contributed by atoms with Crippen LogP contribution >= 0.6 is 11.3 Å². The van der Waals surface area contributed by atoms with Crippen molar-refractivity contribution in [3.8, 4) is 11.5 Å². The third-order valence-corrected chi connectivity index (χ3v) is 5.68. The second-order valence-electron chi connectivity index (χ2n) is 6.99. The molecular weight excluding hydrogens is 394 g/mol. The maximum atomic E-state index is 6.02. The van der Waals surface area contributed by atoms with Crippen molar-refractivity contribution in [2.75, 3.05) is 12.5 Å². The number of aromatic nitrogens is 1. The molecule has 1 N–H and O–H groups in total. The molecule has 0 aliphatic heterocycles. The van der Waals surface area contributed by atoms with Crippen LogP contribution in [0, 0.1) is 13.8 Å². The molecule has 0 saturated carbocycles. The molecule has 6 heteroatoms. The van der Waals surface area contributed by atoms with Crippen molar-refractivity contribution >= 4 is 32.9 Å². The lowest BCUT2D eigenvalue weighted by Crippen LogP contribution is -2.00. The normalized spacial score (nSPS) is 11.2. The average molecular weight is 418 g/mol. The molecule has 152 valence electrons. The van der Waals surface area contributed by atoms with E-state index in [0.29, 0.717) is 18.1 Å². The van der Waals surface area contributed by atoms with Crippen molar-refractivity contribution in [2.45, 2.75) is 20.5 Å². The molecule has 1 heterocycles. The van der Waals surface area contributed by atoms with Crippen LogP contribution in [-0.4, -0.2) is 18.3 Å². The molecule has 0 aliphatic carbocycles. The molecule has 4 rings (SSSR count). The number of anilines is 1. The molecule has 0 spiro atoms. The minimum absolute atomic E-state index is 0.496. The summed E-state index contributed by atoms with van der Waals surface area (Å²) in [7, 11) is 1.64. The van der Waals surface area contributed by atoms with E-state index in [1.54, 1.807) is 24.7 Å². The van der Waals surface area contributed by atoms with Crippen LogP contribution in [0.15, 0.2) is 65.8 Å². The van der Waals surface area contributed by atoms with Crippen LogP contribution in [-0.2, 0) is 6.61 Å². The van der Waals surface area contributed by atoms with E-state index in [0.717, 1.165) is 20.9 Å². The van der Waals surface area contributed by atoms with E-state index in [1.165, 1.54) is 16.7 Å². The fourth-order valence-electron chi connectivity index (χ4n) is 3.08. The maximum absolute atomic E-state index is 6.02. The number of thiazole rings is 1. The van der Waals surface area contributed by atoms with Crippen molar-refractivity contribution in [1.82, 2.24) is 4.98 Å². The number of hydrogen-bond donors (Lipinski definition) is 1. The predicted octanol–water partition coefficient (Wildman–Crippen LogP) is 5.95. The van der Waals surface area contributed by atoms with Gasteiger partial charge in [0, 0.05) is 0 Å². The Morgan fingerprint density at radius 2 is 1.90 bits per heavy atom. The summed E-state index contributed by atoms with van der Waals surface area (Å²) in [6.07, 6.45) is 1.74. The van der Waals surface area contributed by atoms with Crippen LogP contribution < -0.4 is 14.9 Å². The van der Waals surface area contributed by atoms with Crippen molar-refractivity contribution in [2.24, 2.45) is 5.10 Å². The topological polar surface area (TPSA) is 55.7 Å². The molecule has 0 fully saturated rings. The third kappa shape index (κ3) is 4.60. The van der Waals surface area contributed by atoms with Gasteiger partial charge in [-0.2, -0.15) is 5.10 Å². The summed E-state index contributed by atoms with van der Waals surface area (Å²) in [6.45, 7) is 4.67. The smallest absolute Gasteiger partial charge is 0.204 e. The molecule has 4 aromatic rings. The Balaban J connectivity index is 1.43. The molecule has 0 aliphatic rings. The lowest BCUT2D eigenvalue weighted by Gasteiger charge is -2.13. The van der Waals surface area contributed by atoms with Crippen LogP contribution in [0.1, 0.15) is 22.3 Å². The second kappa shape index (κ2) is 8.97.